The van der Waals surface area contributed by atoms with E-state index < -0.39 is 0 Å². The Bertz CT molecular complexity index is 423. The second-order valence-corrected chi connectivity index (χ2v) is 2.63. The van der Waals surface area contributed by atoms with E-state index in [1.54, 1.807) is 0 Å². The van der Waals surface area contributed by atoms with Gasteiger partial charge in [0.1, 0.15) is 8.42 Å². The molecule has 0 N–H and O–H groups in total. The molecule has 11 heavy (non-hydrogen) atoms. The minimum Gasteiger partial charge on any atom is -0.207 e. The quantitative estimate of drug-likeness (QED) is 0.496. The fourth-order valence-electron chi connectivity index (χ4n) is 1.16. The molecule has 1 aromatic carbocycles. The average molecular weight is 145 g/mol. The molecule has 0 atom stereocenters. The fraction of sp³-hybridized carbons (Fsp3) is 0.100. The molecule has 2 rings (SSSR count). The maximum absolute atomic E-state index is 7.75. The van der Waals surface area contributed by atoms with Crippen LogP contribution in [0.2, 0.25) is 0 Å². The summed E-state index contributed by atoms with van der Waals surface area (Å²) in [6.07, 6.45) is 2.47. The van der Waals surface area contributed by atoms with E-state index in [0.29, 0.717) is 6.17 Å². The number of rotatable bonds is 0. The Balaban J connectivity index is 2.91. The van der Waals surface area contributed by atoms with Crippen LogP contribution in [0.1, 0.15) is 1.37 Å². The molecule has 0 amide bonds. The minimum absolute atomic E-state index is 0.563. The molecule has 1 heteroatoms. The van der Waals surface area contributed by atoms with Crippen molar-refractivity contribution in [1.29, 1.82) is 0 Å². The largest absolute Gasteiger partial charge is 0.207 e. The van der Waals surface area contributed by atoms with E-state index >= 15 is 0 Å². The highest BCUT2D eigenvalue weighted by molar-refractivity contribution is 5.80. The van der Waals surface area contributed by atoms with Crippen LogP contribution in [0, 0.1) is 0 Å². The summed E-state index contributed by atoms with van der Waals surface area (Å²) < 4.78 is 9.56. The maximum Gasteiger partial charge on any atom is 0.176 e. The molecule has 0 spiro atoms. The number of nitrogens with zero attached hydrogens (tertiary/aromatic N) is 1. The van der Waals surface area contributed by atoms with Crippen molar-refractivity contribution in [2.24, 2.45) is 7.05 Å². The van der Waals surface area contributed by atoms with Crippen LogP contribution in [0.3, 0.4) is 0 Å². The molecule has 0 aliphatic rings. The Kier molecular flexibility index (Phi) is 1.13. The summed E-state index contributed by atoms with van der Waals surface area (Å²) in [7, 11) is 1.88. The van der Waals surface area contributed by atoms with Crippen molar-refractivity contribution in [1.82, 2.24) is 0 Å². The second kappa shape index (κ2) is 2.35. The van der Waals surface area contributed by atoms with Gasteiger partial charge in [0.2, 0.25) is 0 Å². The fourth-order valence-corrected chi connectivity index (χ4v) is 1.16. The van der Waals surface area contributed by atoms with Gasteiger partial charge >= 0.3 is 0 Å². The van der Waals surface area contributed by atoms with Crippen molar-refractivity contribution in [2.45, 2.75) is 0 Å². The number of aryl methyl sites for hydroxylation is 1. The lowest BCUT2D eigenvalue weighted by Gasteiger charge is -1.92. The van der Waals surface area contributed by atoms with Crippen LogP contribution in [0.15, 0.2) is 42.7 Å². The summed E-state index contributed by atoms with van der Waals surface area (Å²) in [4.78, 5) is 0. The molecule has 1 heterocycles. The van der Waals surface area contributed by atoms with Crippen LogP contribution >= 0.6 is 0 Å². The predicted molar refractivity (Wildman–Crippen MR) is 45.1 cm³/mol. The normalized spacial score (nSPS) is 11.5. The molecule has 0 aliphatic carbocycles. The molecule has 0 bridgehead atoms. The molecule has 1 nitrogen and oxygen atoms in total. The highest BCUT2D eigenvalue weighted by atomic mass is 14.9. The zero-order valence-electron chi connectivity index (χ0n) is 7.41. The van der Waals surface area contributed by atoms with Gasteiger partial charge in [-0.25, -0.2) is 4.57 Å². The van der Waals surface area contributed by atoms with Gasteiger partial charge in [0.25, 0.3) is 0 Å². The zero-order valence-corrected chi connectivity index (χ0v) is 6.41. The molecule has 0 unspecified atom stereocenters. The van der Waals surface area contributed by atoms with E-state index in [-0.39, 0.29) is 0 Å². The first-order valence-corrected chi connectivity index (χ1v) is 3.63. The number of benzene rings is 1. The van der Waals surface area contributed by atoms with E-state index in [2.05, 4.69) is 0 Å². The van der Waals surface area contributed by atoms with Crippen LogP contribution in [-0.2, 0) is 7.05 Å². The van der Waals surface area contributed by atoms with E-state index in [0.717, 1.165) is 10.8 Å². The van der Waals surface area contributed by atoms with Crippen LogP contribution in [0.4, 0.5) is 0 Å². The van der Waals surface area contributed by atoms with Crippen molar-refractivity contribution in [3.05, 3.63) is 42.7 Å². The van der Waals surface area contributed by atoms with Gasteiger partial charge in [-0.3, -0.25) is 0 Å². The van der Waals surface area contributed by atoms with Crippen molar-refractivity contribution in [3.8, 4) is 0 Å². The van der Waals surface area contributed by atoms with Crippen LogP contribution in [0.5, 0.6) is 0 Å². The van der Waals surface area contributed by atoms with Gasteiger partial charge in [-0.15, -0.1) is 0 Å². The van der Waals surface area contributed by atoms with Crippen molar-refractivity contribution >= 4 is 10.8 Å². The topological polar surface area (TPSA) is 3.88 Å². The monoisotopic (exact) mass is 145 g/mol. The molecule has 0 radical (unpaired) electrons. The standard InChI is InChI=1S/C10H10N/c1-11-7-6-9-4-2-3-5-10(9)8-11/h2-8H,1H3/q+1/i8D. The van der Waals surface area contributed by atoms with Crippen LogP contribution in [0.25, 0.3) is 10.8 Å². The van der Waals surface area contributed by atoms with Gasteiger partial charge in [0.05, 0.1) is 0 Å². The van der Waals surface area contributed by atoms with Gasteiger partial charge in [-0.2, -0.15) is 0 Å². The summed E-state index contributed by atoms with van der Waals surface area (Å²) in [5, 5.41) is 2.13. The van der Waals surface area contributed by atoms with Gasteiger partial charge in [0, 0.05) is 11.5 Å². The Morgan fingerprint density at radius 2 is 1.91 bits per heavy atom. The number of pyridine rings is 1. The second-order valence-electron chi connectivity index (χ2n) is 2.63. The summed E-state index contributed by atoms with van der Waals surface area (Å²) in [6.45, 7) is 0. The lowest BCUT2D eigenvalue weighted by atomic mass is 10.2. The van der Waals surface area contributed by atoms with Gasteiger partial charge in [-0.1, -0.05) is 18.2 Å². The molecular formula is C10H10N+. The summed E-state index contributed by atoms with van der Waals surface area (Å²) >= 11 is 0. The molecule has 0 saturated heterocycles. The molecule has 0 fully saturated rings. The number of aromatic nitrogens is 1. The highest BCUT2D eigenvalue weighted by Gasteiger charge is 1.94. The third-order valence-corrected chi connectivity index (χ3v) is 1.74. The molecule has 54 valence electrons. The van der Waals surface area contributed by atoms with E-state index in [1.807, 2.05) is 48.1 Å². The summed E-state index contributed by atoms with van der Waals surface area (Å²) in [5.74, 6) is 0. The zero-order chi connectivity index (χ0) is 8.55. The molecule has 2 aromatic rings. The Morgan fingerprint density at radius 3 is 2.73 bits per heavy atom. The lowest BCUT2D eigenvalue weighted by molar-refractivity contribution is -0.670. The highest BCUT2D eigenvalue weighted by Crippen LogP contribution is 2.08. The Morgan fingerprint density at radius 1 is 1.18 bits per heavy atom. The van der Waals surface area contributed by atoms with E-state index in [9.17, 15) is 0 Å². The first kappa shape index (κ1) is 5.30. The first-order valence-electron chi connectivity index (χ1n) is 4.13. The van der Waals surface area contributed by atoms with Gasteiger partial charge in [0.15, 0.2) is 12.4 Å². The van der Waals surface area contributed by atoms with Gasteiger partial charge < -0.3 is 0 Å². The van der Waals surface area contributed by atoms with E-state index in [1.165, 1.54) is 0 Å². The summed E-state index contributed by atoms with van der Waals surface area (Å²) in [5.41, 5.74) is 0. The molecule has 0 aliphatic heterocycles. The van der Waals surface area contributed by atoms with Crippen molar-refractivity contribution < 1.29 is 5.94 Å². The number of hydrogen-bond donors (Lipinski definition) is 0. The molecule has 0 saturated carbocycles. The minimum atomic E-state index is 0.563. The molecule has 1 aromatic heterocycles. The number of fused-ring (bicyclic) bond motifs is 1. The SMILES string of the molecule is [2H]c1c2ccccc2cc[n+]1C. The van der Waals surface area contributed by atoms with Crippen molar-refractivity contribution in [3.63, 3.8) is 0 Å². The lowest BCUT2D eigenvalue weighted by Crippen LogP contribution is -2.25. The third-order valence-electron chi connectivity index (χ3n) is 1.74. The van der Waals surface area contributed by atoms with Crippen molar-refractivity contribution in [2.75, 3.05) is 0 Å². The first-order chi connectivity index (χ1) is 5.79. The Labute approximate surface area is 67.3 Å². The van der Waals surface area contributed by atoms with Crippen LogP contribution in [-0.4, -0.2) is 0 Å². The average Bonchev–Trinajstić information content (AvgIpc) is 2.12. The maximum atomic E-state index is 7.75. The summed E-state index contributed by atoms with van der Waals surface area (Å²) in [6, 6.07) is 9.96. The predicted octanol–water partition coefficient (Wildman–Crippen LogP) is 1.66. The smallest absolute Gasteiger partial charge is 0.176 e. The number of hydrogen-bond acceptors (Lipinski definition) is 0. The third kappa shape index (κ3) is 1.09. The Hall–Kier alpha value is -1.37. The molecular weight excluding hydrogens is 134 g/mol. The van der Waals surface area contributed by atoms with Gasteiger partial charge in [-0.05, 0) is 11.5 Å². The van der Waals surface area contributed by atoms with Crippen LogP contribution < -0.4 is 4.57 Å². The van der Waals surface area contributed by atoms with E-state index in [4.69, 9.17) is 1.37 Å².